The average Bonchev–Trinajstić information content (AvgIpc) is 2.25. The van der Waals surface area contributed by atoms with Crippen molar-refractivity contribution in [2.24, 2.45) is 0 Å². The zero-order valence-electron chi connectivity index (χ0n) is 8.48. The minimum absolute atomic E-state index is 0.244. The molecule has 0 saturated carbocycles. The minimum Gasteiger partial charge on any atom is -0.474 e. The van der Waals surface area contributed by atoms with Crippen LogP contribution in [0.3, 0.4) is 0 Å². The molecule has 0 aliphatic carbocycles. The highest BCUT2D eigenvalue weighted by Crippen LogP contribution is 2.25. The highest BCUT2D eigenvalue weighted by molar-refractivity contribution is 6.35. The predicted molar refractivity (Wildman–Crippen MR) is 62.1 cm³/mol. The molecule has 1 atom stereocenters. The van der Waals surface area contributed by atoms with Gasteiger partial charge in [0.1, 0.15) is 0 Å². The molecule has 1 aromatic rings. The number of carbonyl (C=O) groups excluding carboxylic acids is 1. The van der Waals surface area contributed by atoms with Gasteiger partial charge in [-0.3, -0.25) is 4.79 Å². The van der Waals surface area contributed by atoms with Crippen LogP contribution in [0.2, 0.25) is 10.0 Å². The quantitative estimate of drug-likeness (QED) is 0.726. The summed E-state index contributed by atoms with van der Waals surface area (Å²) in [5.74, 6) is -2.80. The number of carboxylic acids is 1. The molecule has 0 heterocycles. The average molecular weight is 278 g/mol. The summed E-state index contributed by atoms with van der Waals surface area (Å²) in [5, 5.41) is 20.7. The predicted octanol–water partition coefficient (Wildman–Crippen LogP) is 1.23. The van der Waals surface area contributed by atoms with Crippen LogP contribution in [0, 0.1) is 0 Å². The molecule has 0 bridgehead atoms. The van der Waals surface area contributed by atoms with Gasteiger partial charge in [-0.05, 0) is 12.1 Å². The fourth-order valence-electron chi connectivity index (χ4n) is 1.15. The number of carboxylic acid groups (broad SMARTS) is 1. The van der Waals surface area contributed by atoms with Crippen LogP contribution >= 0.6 is 23.2 Å². The first kappa shape index (κ1) is 13.8. The first-order chi connectivity index (χ1) is 7.91. The van der Waals surface area contributed by atoms with Crippen LogP contribution < -0.4 is 5.32 Å². The number of aliphatic hydroxyl groups excluding tert-OH is 1. The Hall–Kier alpha value is -1.30. The summed E-state index contributed by atoms with van der Waals surface area (Å²) in [6.45, 7) is -0.244. The van der Waals surface area contributed by atoms with Crippen LogP contribution in [0.15, 0.2) is 18.2 Å². The number of carbonyl (C=O) groups is 2. The first-order valence-corrected chi connectivity index (χ1v) is 5.31. The molecule has 0 aromatic heterocycles. The van der Waals surface area contributed by atoms with E-state index >= 15 is 0 Å². The van der Waals surface area contributed by atoms with Crippen molar-refractivity contribution in [2.75, 3.05) is 6.54 Å². The van der Waals surface area contributed by atoms with E-state index in [1.54, 1.807) is 0 Å². The van der Waals surface area contributed by atoms with E-state index < -0.39 is 18.0 Å². The SMILES string of the molecule is O=C(O)C(=O)NCC(O)c1ccc(Cl)cc1Cl. The molecule has 0 spiro atoms. The first-order valence-electron chi connectivity index (χ1n) is 4.56. The molecule has 7 heteroatoms. The van der Waals surface area contributed by atoms with Gasteiger partial charge >= 0.3 is 11.9 Å². The fraction of sp³-hybridized carbons (Fsp3) is 0.200. The summed E-state index contributed by atoms with van der Waals surface area (Å²) in [7, 11) is 0. The highest BCUT2D eigenvalue weighted by Gasteiger charge is 2.16. The van der Waals surface area contributed by atoms with Gasteiger partial charge in [0.25, 0.3) is 0 Å². The van der Waals surface area contributed by atoms with E-state index in [1.165, 1.54) is 18.2 Å². The molecular formula is C10H9Cl2NO4. The summed E-state index contributed by atoms with van der Waals surface area (Å²) in [6, 6.07) is 4.48. The Morgan fingerprint density at radius 1 is 1.35 bits per heavy atom. The van der Waals surface area contributed by atoms with E-state index in [0.29, 0.717) is 10.6 Å². The Morgan fingerprint density at radius 3 is 2.53 bits per heavy atom. The Labute approximate surface area is 107 Å². The zero-order chi connectivity index (χ0) is 13.0. The van der Waals surface area contributed by atoms with Crippen molar-refractivity contribution in [1.82, 2.24) is 5.32 Å². The molecule has 17 heavy (non-hydrogen) atoms. The lowest BCUT2D eigenvalue weighted by atomic mass is 10.1. The molecular weight excluding hydrogens is 269 g/mol. The molecule has 92 valence electrons. The molecule has 1 aromatic carbocycles. The number of hydrogen-bond acceptors (Lipinski definition) is 3. The van der Waals surface area contributed by atoms with Crippen LogP contribution in [0.1, 0.15) is 11.7 Å². The van der Waals surface area contributed by atoms with Crippen molar-refractivity contribution in [3.05, 3.63) is 33.8 Å². The van der Waals surface area contributed by atoms with E-state index in [2.05, 4.69) is 0 Å². The van der Waals surface area contributed by atoms with E-state index in [0.717, 1.165) is 0 Å². The zero-order valence-corrected chi connectivity index (χ0v) is 10.00. The Balaban J connectivity index is 2.67. The van der Waals surface area contributed by atoms with Gasteiger partial charge in [-0.15, -0.1) is 0 Å². The van der Waals surface area contributed by atoms with Crippen LogP contribution in [0.5, 0.6) is 0 Å². The van der Waals surface area contributed by atoms with Gasteiger partial charge < -0.3 is 15.5 Å². The number of halogens is 2. The number of hydrogen-bond donors (Lipinski definition) is 3. The third-order valence-corrected chi connectivity index (χ3v) is 2.53. The third kappa shape index (κ3) is 3.89. The van der Waals surface area contributed by atoms with Crippen molar-refractivity contribution in [1.29, 1.82) is 0 Å². The summed E-state index contributed by atoms with van der Waals surface area (Å²) in [4.78, 5) is 21.0. The van der Waals surface area contributed by atoms with Crippen LogP contribution in [-0.4, -0.2) is 28.6 Å². The van der Waals surface area contributed by atoms with Crippen LogP contribution in [0.25, 0.3) is 0 Å². The second kappa shape index (κ2) is 5.86. The number of nitrogens with one attached hydrogen (secondary N) is 1. The smallest absolute Gasteiger partial charge is 0.394 e. The second-order valence-corrected chi connectivity index (χ2v) is 4.04. The van der Waals surface area contributed by atoms with Gasteiger partial charge in [-0.1, -0.05) is 29.3 Å². The molecule has 5 nitrogen and oxygen atoms in total. The van der Waals surface area contributed by atoms with Crippen molar-refractivity contribution >= 4 is 35.1 Å². The topological polar surface area (TPSA) is 86.6 Å². The summed E-state index contributed by atoms with van der Waals surface area (Å²) < 4.78 is 0. The van der Waals surface area contributed by atoms with Crippen molar-refractivity contribution in [2.45, 2.75) is 6.10 Å². The number of amides is 1. The monoisotopic (exact) mass is 277 g/mol. The molecule has 1 rings (SSSR count). The van der Waals surface area contributed by atoms with Crippen molar-refractivity contribution in [3.8, 4) is 0 Å². The molecule has 1 amide bonds. The lowest BCUT2D eigenvalue weighted by Crippen LogP contribution is -2.33. The molecule has 0 aliphatic rings. The molecule has 0 saturated heterocycles. The van der Waals surface area contributed by atoms with Crippen LogP contribution in [0.4, 0.5) is 0 Å². The fourth-order valence-corrected chi connectivity index (χ4v) is 1.68. The van der Waals surface area contributed by atoms with Gasteiger partial charge in [-0.25, -0.2) is 4.79 Å². The molecule has 0 aliphatic heterocycles. The summed E-state index contributed by atoms with van der Waals surface area (Å²) in [5.41, 5.74) is 0.363. The maximum Gasteiger partial charge on any atom is 0.394 e. The van der Waals surface area contributed by atoms with E-state index in [1.807, 2.05) is 5.32 Å². The van der Waals surface area contributed by atoms with Gasteiger partial charge in [0.15, 0.2) is 0 Å². The van der Waals surface area contributed by atoms with E-state index in [-0.39, 0.29) is 11.6 Å². The largest absolute Gasteiger partial charge is 0.474 e. The second-order valence-electron chi connectivity index (χ2n) is 3.20. The van der Waals surface area contributed by atoms with Crippen molar-refractivity contribution < 1.29 is 19.8 Å². The Bertz CT molecular complexity index is 450. The molecule has 3 N–H and O–H groups in total. The molecule has 0 fully saturated rings. The number of rotatable bonds is 3. The number of benzene rings is 1. The normalized spacial score (nSPS) is 11.9. The molecule has 0 radical (unpaired) electrons. The van der Waals surface area contributed by atoms with Gasteiger partial charge in [0, 0.05) is 22.2 Å². The maximum atomic E-state index is 10.7. The van der Waals surface area contributed by atoms with E-state index in [4.69, 9.17) is 28.3 Å². The van der Waals surface area contributed by atoms with Crippen LogP contribution in [-0.2, 0) is 9.59 Å². The lowest BCUT2D eigenvalue weighted by molar-refractivity contribution is -0.150. The van der Waals surface area contributed by atoms with Crippen molar-refractivity contribution in [3.63, 3.8) is 0 Å². The maximum absolute atomic E-state index is 10.7. The molecule has 1 unspecified atom stereocenters. The summed E-state index contributed by atoms with van der Waals surface area (Å²) in [6.07, 6.45) is -1.09. The number of aliphatic hydroxyl groups is 1. The van der Waals surface area contributed by atoms with E-state index in [9.17, 15) is 14.7 Å². The lowest BCUT2D eigenvalue weighted by Gasteiger charge is -2.12. The minimum atomic E-state index is -1.61. The van der Waals surface area contributed by atoms with Gasteiger partial charge in [0.05, 0.1) is 6.10 Å². The Morgan fingerprint density at radius 2 is 2.00 bits per heavy atom. The Kier molecular flexibility index (Phi) is 4.74. The third-order valence-electron chi connectivity index (χ3n) is 1.97. The highest BCUT2D eigenvalue weighted by atomic mass is 35.5. The summed E-state index contributed by atoms with van der Waals surface area (Å²) >= 11 is 11.5. The van der Waals surface area contributed by atoms with Gasteiger partial charge in [0.2, 0.25) is 0 Å². The standard InChI is InChI=1S/C10H9Cl2NO4/c11-5-1-2-6(7(12)3-5)8(14)4-13-9(15)10(16)17/h1-3,8,14H,4H2,(H,13,15)(H,16,17). The van der Waals surface area contributed by atoms with Gasteiger partial charge in [-0.2, -0.15) is 0 Å². The number of aliphatic carboxylic acids is 1.